The van der Waals surface area contributed by atoms with Gasteiger partial charge in [0.05, 0.1) is 15.9 Å². The standard InChI is InChI=1S/C6H3O6P3/c7-13(8)4-1-5(14(9)10)3-6(2-4)15(11)12/h1-3H. The molecule has 6 nitrogen and oxygen atoms in total. The molecule has 0 amide bonds. The second-order valence-electron chi connectivity index (χ2n) is 2.48. The van der Waals surface area contributed by atoms with Crippen LogP contribution in [-0.2, 0) is 27.4 Å². The summed E-state index contributed by atoms with van der Waals surface area (Å²) < 4.78 is 63.6. The van der Waals surface area contributed by atoms with Crippen LogP contribution in [0.3, 0.4) is 0 Å². The molecule has 0 N–H and O–H groups in total. The van der Waals surface area contributed by atoms with Gasteiger partial charge in [-0.2, -0.15) is 0 Å². The summed E-state index contributed by atoms with van der Waals surface area (Å²) >= 11 is 0. The molecule has 0 saturated carbocycles. The zero-order valence-corrected chi connectivity index (χ0v) is 9.71. The van der Waals surface area contributed by atoms with Gasteiger partial charge in [0.15, 0.2) is 0 Å². The summed E-state index contributed by atoms with van der Waals surface area (Å²) in [7, 11) is -9.04. The summed E-state index contributed by atoms with van der Waals surface area (Å²) in [5.41, 5.74) is 0. The van der Waals surface area contributed by atoms with Crippen LogP contribution in [0.5, 0.6) is 0 Å². The highest BCUT2D eigenvalue weighted by Gasteiger charge is 2.10. The minimum atomic E-state index is -3.01. The maximum atomic E-state index is 10.6. The number of hydrogen-bond acceptors (Lipinski definition) is 6. The largest absolute Gasteiger partial charge is 0.348 e. The van der Waals surface area contributed by atoms with Crippen molar-refractivity contribution in [1.82, 2.24) is 0 Å². The van der Waals surface area contributed by atoms with E-state index in [9.17, 15) is 27.4 Å². The molecule has 0 aliphatic carbocycles. The average Bonchev–Trinajstić information content (AvgIpc) is 2.16. The van der Waals surface area contributed by atoms with Gasteiger partial charge >= 0.3 is 23.0 Å². The fourth-order valence-corrected chi connectivity index (χ4v) is 2.67. The van der Waals surface area contributed by atoms with Gasteiger partial charge in [0, 0.05) is 0 Å². The Hall–Kier alpha value is -1.08. The monoisotopic (exact) mass is 264 g/mol. The van der Waals surface area contributed by atoms with E-state index in [-0.39, 0.29) is 15.9 Å². The van der Waals surface area contributed by atoms with Crippen molar-refractivity contribution < 1.29 is 27.4 Å². The second kappa shape index (κ2) is 4.63. The lowest BCUT2D eigenvalue weighted by Crippen LogP contribution is -2.12. The van der Waals surface area contributed by atoms with Gasteiger partial charge in [0.1, 0.15) is 0 Å². The molecule has 0 atom stereocenters. The maximum Gasteiger partial charge on any atom is 0.348 e. The van der Waals surface area contributed by atoms with Gasteiger partial charge < -0.3 is 0 Å². The fourth-order valence-electron chi connectivity index (χ4n) is 0.896. The van der Waals surface area contributed by atoms with E-state index in [2.05, 4.69) is 0 Å². The molecule has 15 heavy (non-hydrogen) atoms. The summed E-state index contributed by atoms with van der Waals surface area (Å²) in [5.74, 6) is 0. The Balaban J connectivity index is 3.59. The lowest BCUT2D eigenvalue weighted by molar-refractivity contribution is 0.522. The SMILES string of the molecule is O=P(=O)c1cc(P(=O)=O)cc(P(=O)=O)c1. The third-order valence-corrected chi connectivity index (χ3v) is 3.56. The van der Waals surface area contributed by atoms with Crippen molar-refractivity contribution in [3.8, 4) is 0 Å². The summed E-state index contributed by atoms with van der Waals surface area (Å²) in [6, 6.07) is 2.71. The predicted molar refractivity (Wildman–Crippen MR) is 50.2 cm³/mol. The molecule has 78 valence electrons. The number of rotatable bonds is 3. The van der Waals surface area contributed by atoms with Crippen LogP contribution < -0.4 is 15.9 Å². The van der Waals surface area contributed by atoms with E-state index in [4.69, 9.17) is 0 Å². The summed E-state index contributed by atoms with van der Waals surface area (Å²) in [4.78, 5) is 0. The van der Waals surface area contributed by atoms with E-state index < -0.39 is 23.0 Å². The Bertz CT molecular complexity index is 485. The Kier molecular flexibility index (Phi) is 3.70. The Labute approximate surface area is 85.2 Å². The van der Waals surface area contributed by atoms with E-state index >= 15 is 0 Å². The quantitative estimate of drug-likeness (QED) is 0.756. The van der Waals surface area contributed by atoms with E-state index in [1.54, 1.807) is 0 Å². The first kappa shape index (κ1) is 12.0. The lowest BCUT2D eigenvalue weighted by atomic mass is 10.4. The van der Waals surface area contributed by atoms with Crippen molar-refractivity contribution in [3.63, 3.8) is 0 Å². The van der Waals surface area contributed by atoms with Crippen LogP contribution in [-0.4, -0.2) is 0 Å². The lowest BCUT2D eigenvalue weighted by Gasteiger charge is -1.92. The number of benzene rings is 1. The van der Waals surface area contributed by atoms with E-state index in [0.29, 0.717) is 0 Å². The highest BCUT2D eigenvalue weighted by molar-refractivity contribution is 7.44. The van der Waals surface area contributed by atoms with Crippen LogP contribution in [0.25, 0.3) is 0 Å². The molecule has 0 aliphatic heterocycles. The molecule has 1 aromatic carbocycles. The van der Waals surface area contributed by atoms with Gasteiger partial charge in [0.2, 0.25) is 0 Å². The highest BCUT2D eigenvalue weighted by atomic mass is 31.1. The minimum Gasteiger partial charge on any atom is -0.232 e. The van der Waals surface area contributed by atoms with Crippen molar-refractivity contribution in [2.75, 3.05) is 0 Å². The molecular weight excluding hydrogens is 261 g/mol. The van der Waals surface area contributed by atoms with E-state index in [1.807, 2.05) is 0 Å². The summed E-state index contributed by atoms with van der Waals surface area (Å²) in [5, 5.41) is -1.01. The van der Waals surface area contributed by atoms with Crippen LogP contribution in [0.2, 0.25) is 0 Å². The van der Waals surface area contributed by atoms with Gasteiger partial charge in [-0.05, 0) is 18.2 Å². The van der Waals surface area contributed by atoms with Crippen LogP contribution in [0.1, 0.15) is 0 Å². The zero-order chi connectivity index (χ0) is 11.6. The number of hydrogen-bond donors (Lipinski definition) is 0. The molecule has 0 aromatic heterocycles. The van der Waals surface area contributed by atoms with Crippen LogP contribution in [0.4, 0.5) is 0 Å². The first-order valence-electron chi connectivity index (χ1n) is 3.50. The van der Waals surface area contributed by atoms with Crippen LogP contribution >= 0.6 is 23.0 Å². The van der Waals surface area contributed by atoms with Crippen LogP contribution in [0, 0.1) is 0 Å². The third-order valence-electron chi connectivity index (χ3n) is 1.52. The molecule has 0 heterocycles. The average molecular weight is 264 g/mol. The summed E-state index contributed by atoms with van der Waals surface area (Å²) in [6.45, 7) is 0. The highest BCUT2D eigenvalue weighted by Crippen LogP contribution is 2.11. The molecule has 0 bridgehead atoms. The molecule has 0 radical (unpaired) electrons. The van der Waals surface area contributed by atoms with Crippen molar-refractivity contribution in [1.29, 1.82) is 0 Å². The molecule has 0 saturated heterocycles. The molecular formula is C6H3O6P3. The van der Waals surface area contributed by atoms with Gasteiger partial charge in [-0.15, -0.1) is 0 Å². The van der Waals surface area contributed by atoms with Gasteiger partial charge in [-0.25, -0.2) is 27.4 Å². The summed E-state index contributed by atoms with van der Waals surface area (Å²) in [6.07, 6.45) is 0. The van der Waals surface area contributed by atoms with Crippen molar-refractivity contribution in [3.05, 3.63) is 18.2 Å². The van der Waals surface area contributed by atoms with Crippen molar-refractivity contribution in [2.24, 2.45) is 0 Å². The van der Waals surface area contributed by atoms with Crippen molar-refractivity contribution >= 4 is 39.0 Å². The molecule has 9 heteroatoms. The van der Waals surface area contributed by atoms with E-state index in [1.165, 1.54) is 0 Å². The Morgan fingerprint density at radius 3 is 0.867 bits per heavy atom. The van der Waals surface area contributed by atoms with Gasteiger partial charge in [0.25, 0.3) is 0 Å². The molecule has 1 rings (SSSR count). The fraction of sp³-hybridized carbons (Fsp3) is 0. The third kappa shape index (κ3) is 2.93. The maximum absolute atomic E-state index is 10.6. The van der Waals surface area contributed by atoms with Crippen LogP contribution in [0.15, 0.2) is 18.2 Å². The second-order valence-corrected chi connectivity index (χ2v) is 5.57. The van der Waals surface area contributed by atoms with E-state index in [0.717, 1.165) is 18.2 Å². The Morgan fingerprint density at radius 1 is 0.533 bits per heavy atom. The normalized spacial score (nSPS) is 9.60. The smallest absolute Gasteiger partial charge is 0.232 e. The molecule has 0 fully saturated rings. The van der Waals surface area contributed by atoms with Crippen molar-refractivity contribution in [2.45, 2.75) is 0 Å². The van der Waals surface area contributed by atoms with Gasteiger partial charge in [-0.3, -0.25) is 0 Å². The topological polar surface area (TPSA) is 102 Å². The molecule has 0 spiro atoms. The first-order chi connectivity index (χ1) is 6.91. The predicted octanol–water partition coefficient (Wildman–Crippen LogP) is 1.08. The molecule has 0 unspecified atom stereocenters. The minimum absolute atomic E-state index is 0.337. The zero-order valence-electron chi connectivity index (χ0n) is 7.02. The molecule has 1 aromatic rings. The Morgan fingerprint density at radius 2 is 0.733 bits per heavy atom. The molecule has 0 aliphatic rings. The first-order valence-corrected chi connectivity index (χ1v) is 7.03. The van der Waals surface area contributed by atoms with Gasteiger partial charge in [-0.1, -0.05) is 0 Å².